The van der Waals surface area contributed by atoms with Gasteiger partial charge < -0.3 is 15.2 Å². The molecule has 5 nitrogen and oxygen atoms in total. The molecular weight excluding hydrogens is 196 g/mol. The van der Waals surface area contributed by atoms with Gasteiger partial charge in [-0.25, -0.2) is 0 Å². The molecule has 0 radical (unpaired) electrons. The maximum atomic E-state index is 11.7. The van der Waals surface area contributed by atoms with Crippen molar-refractivity contribution in [1.82, 2.24) is 0 Å². The zero-order valence-corrected chi connectivity index (χ0v) is 8.21. The molecular formula is C10H10N2O3. The fourth-order valence-corrected chi connectivity index (χ4v) is 1.41. The van der Waals surface area contributed by atoms with Crippen LogP contribution >= 0.6 is 0 Å². The molecule has 0 bridgehead atoms. The summed E-state index contributed by atoms with van der Waals surface area (Å²) in [5.41, 5.74) is 0.634. The zero-order chi connectivity index (χ0) is 10.8. The van der Waals surface area contributed by atoms with Gasteiger partial charge >= 0.3 is 5.88 Å². The van der Waals surface area contributed by atoms with E-state index in [1.807, 2.05) is 0 Å². The van der Waals surface area contributed by atoms with E-state index in [4.69, 9.17) is 4.74 Å². The molecule has 0 saturated carbocycles. The van der Waals surface area contributed by atoms with Crippen LogP contribution in [0.15, 0.2) is 30.5 Å². The molecule has 0 aliphatic heterocycles. The van der Waals surface area contributed by atoms with Crippen LogP contribution in [0, 0.1) is 10.4 Å². The lowest BCUT2D eigenvalue weighted by Gasteiger charge is -2.06. The highest BCUT2D eigenvalue weighted by Gasteiger charge is 2.19. The maximum Gasteiger partial charge on any atom is 0.447 e. The lowest BCUT2D eigenvalue weighted by molar-refractivity contribution is -0.633. The summed E-state index contributed by atoms with van der Waals surface area (Å²) >= 11 is 0. The second-order valence-electron chi connectivity index (χ2n) is 3.01. The lowest BCUT2D eigenvalue weighted by atomic mass is 10.3. The van der Waals surface area contributed by atoms with Crippen LogP contribution in [0.1, 0.15) is 6.92 Å². The summed E-state index contributed by atoms with van der Waals surface area (Å²) in [5, 5.41) is 23.2. The largest absolute Gasteiger partial charge is 0.618 e. The molecule has 1 aromatic carbocycles. The monoisotopic (exact) mass is 206 g/mol. The van der Waals surface area contributed by atoms with E-state index in [-0.39, 0.29) is 5.88 Å². The predicted molar refractivity (Wildman–Crippen MR) is 53.0 cm³/mol. The van der Waals surface area contributed by atoms with Gasteiger partial charge in [-0.15, -0.1) is 4.73 Å². The first kappa shape index (κ1) is 9.51. The van der Waals surface area contributed by atoms with Gasteiger partial charge in [0.05, 0.1) is 6.61 Å². The number of para-hydroxylation sites is 2. The topological polar surface area (TPSA) is 63.1 Å². The molecule has 5 heteroatoms. The molecule has 2 rings (SSSR count). The summed E-state index contributed by atoms with van der Waals surface area (Å²) in [6, 6.07) is 6.58. The van der Waals surface area contributed by atoms with Gasteiger partial charge in [0, 0.05) is 12.1 Å². The Bertz CT molecular complexity index is 499. The van der Waals surface area contributed by atoms with Crippen LogP contribution in [0.25, 0.3) is 11.0 Å². The van der Waals surface area contributed by atoms with Crippen LogP contribution < -0.4 is 14.2 Å². The molecule has 0 fully saturated rings. The van der Waals surface area contributed by atoms with Crippen LogP contribution in [-0.2, 0) is 0 Å². The third-order valence-electron chi connectivity index (χ3n) is 2.06. The molecule has 0 spiro atoms. The first-order valence-electron chi connectivity index (χ1n) is 4.61. The zero-order valence-electron chi connectivity index (χ0n) is 8.21. The molecule has 2 aromatic rings. The lowest BCUT2D eigenvalue weighted by Crippen LogP contribution is -2.39. The summed E-state index contributed by atoms with van der Waals surface area (Å²) < 4.78 is 6.31. The molecule has 1 heterocycles. The van der Waals surface area contributed by atoms with Gasteiger partial charge in [-0.1, -0.05) is 12.1 Å². The SMILES string of the molecule is CCOc1c[n+]([O-])c2ccccc2[n+]1[O-]. The van der Waals surface area contributed by atoms with Crippen LogP contribution in [0.4, 0.5) is 0 Å². The van der Waals surface area contributed by atoms with Crippen molar-refractivity contribution in [2.24, 2.45) is 0 Å². The average molecular weight is 206 g/mol. The molecule has 0 amide bonds. The summed E-state index contributed by atoms with van der Waals surface area (Å²) in [6.45, 7) is 2.10. The third-order valence-corrected chi connectivity index (χ3v) is 2.06. The quantitative estimate of drug-likeness (QED) is 0.531. The Kier molecular flexibility index (Phi) is 2.29. The predicted octanol–water partition coefficient (Wildman–Crippen LogP) is 0.505. The van der Waals surface area contributed by atoms with Gasteiger partial charge in [0.25, 0.3) is 17.2 Å². The Morgan fingerprint density at radius 2 is 1.87 bits per heavy atom. The van der Waals surface area contributed by atoms with Crippen LogP contribution in [0.5, 0.6) is 5.88 Å². The fourth-order valence-electron chi connectivity index (χ4n) is 1.41. The van der Waals surface area contributed by atoms with Gasteiger partial charge in [-0.3, -0.25) is 0 Å². The van der Waals surface area contributed by atoms with Crippen molar-refractivity contribution in [3.63, 3.8) is 0 Å². The number of benzene rings is 1. The molecule has 0 unspecified atom stereocenters. The van der Waals surface area contributed by atoms with Crippen LogP contribution in [0.3, 0.4) is 0 Å². The second-order valence-corrected chi connectivity index (χ2v) is 3.01. The van der Waals surface area contributed by atoms with Crippen molar-refractivity contribution in [2.75, 3.05) is 6.61 Å². The van der Waals surface area contributed by atoms with E-state index in [2.05, 4.69) is 0 Å². The molecule has 0 aliphatic carbocycles. The Labute approximate surface area is 86.3 Å². The smallest absolute Gasteiger partial charge is 0.447 e. The Morgan fingerprint density at radius 1 is 1.20 bits per heavy atom. The molecule has 1 aromatic heterocycles. The minimum Gasteiger partial charge on any atom is -0.618 e. The summed E-state index contributed by atoms with van der Waals surface area (Å²) in [5.74, 6) is 0.0196. The third kappa shape index (κ3) is 1.52. The normalized spacial score (nSPS) is 10.5. The van der Waals surface area contributed by atoms with Crippen LogP contribution in [-0.4, -0.2) is 6.61 Å². The van der Waals surface area contributed by atoms with Crippen LogP contribution in [0.2, 0.25) is 0 Å². The van der Waals surface area contributed by atoms with Crippen molar-refractivity contribution in [3.05, 3.63) is 40.9 Å². The number of aromatic nitrogens is 2. The average Bonchev–Trinajstić information content (AvgIpc) is 2.26. The Hall–Kier alpha value is -2.04. The number of rotatable bonds is 2. The van der Waals surface area contributed by atoms with Gasteiger partial charge in [0.1, 0.15) is 0 Å². The number of hydrogen-bond acceptors (Lipinski definition) is 3. The standard InChI is InChI=1S/C10H10N2O3/c1-2-15-10-7-11(13)8-5-3-4-6-9(8)12(10)14/h3-7H,2H2,1H3. The highest BCUT2D eigenvalue weighted by atomic mass is 16.6. The minimum atomic E-state index is 0.0196. The van der Waals surface area contributed by atoms with E-state index >= 15 is 0 Å². The van der Waals surface area contributed by atoms with Crippen molar-refractivity contribution in [1.29, 1.82) is 0 Å². The number of ether oxygens (including phenoxy) is 1. The first-order valence-corrected chi connectivity index (χ1v) is 4.61. The summed E-state index contributed by atoms with van der Waals surface area (Å²) in [7, 11) is 0. The fraction of sp³-hybridized carbons (Fsp3) is 0.200. The van der Waals surface area contributed by atoms with Crippen molar-refractivity contribution in [2.45, 2.75) is 6.92 Å². The second kappa shape index (κ2) is 3.61. The van der Waals surface area contributed by atoms with Crippen molar-refractivity contribution >= 4 is 11.0 Å². The number of nitrogens with zero attached hydrogens (tertiary/aromatic N) is 2. The Balaban J connectivity index is 2.72. The molecule has 0 saturated heterocycles. The van der Waals surface area contributed by atoms with E-state index in [1.165, 1.54) is 0 Å². The highest BCUT2D eigenvalue weighted by molar-refractivity contribution is 5.67. The van der Waals surface area contributed by atoms with Gasteiger partial charge in [0.2, 0.25) is 0 Å². The highest BCUT2D eigenvalue weighted by Crippen LogP contribution is 2.08. The number of fused-ring (bicyclic) bond motifs is 1. The minimum absolute atomic E-state index is 0.0196. The van der Waals surface area contributed by atoms with Gasteiger partial charge in [0.15, 0.2) is 0 Å². The molecule has 0 atom stereocenters. The van der Waals surface area contributed by atoms with Crippen molar-refractivity contribution < 1.29 is 14.2 Å². The Morgan fingerprint density at radius 3 is 2.53 bits per heavy atom. The number of hydrogen-bond donors (Lipinski definition) is 0. The van der Waals surface area contributed by atoms with E-state index in [0.29, 0.717) is 27.1 Å². The van der Waals surface area contributed by atoms with E-state index in [0.717, 1.165) is 6.20 Å². The maximum absolute atomic E-state index is 11.7. The molecule has 78 valence electrons. The molecule has 15 heavy (non-hydrogen) atoms. The van der Waals surface area contributed by atoms with Gasteiger partial charge in [-0.2, -0.15) is 4.73 Å². The molecule has 0 N–H and O–H groups in total. The summed E-state index contributed by atoms with van der Waals surface area (Å²) in [6.07, 6.45) is 1.14. The van der Waals surface area contributed by atoms with E-state index < -0.39 is 0 Å². The first-order chi connectivity index (χ1) is 7.24. The van der Waals surface area contributed by atoms with E-state index in [1.54, 1.807) is 31.2 Å². The molecule has 0 aliphatic rings. The van der Waals surface area contributed by atoms with Gasteiger partial charge in [-0.05, 0) is 6.92 Å². The van der Waals surface area contributed by atoms with E-state index in [9.17, 15) is 10.4 Å². The van der Waals surface area contributed by atoms with Crippen molar-refractivity contribution in [3.8, 4) is 5.88 Å². The summed E-state index contributed by atoms with van der Waals surface area (Å²) in [4.78, 5) is 0.